The van der Waals surface area contributed by atoms with E-state index in [1.54, 1.807) is 24.5 Å². The van der Waals surface area contributed by atoms with Crippen LogP contribution in [0.1, 0.15) is 43.1 Å². The number of carbonyl (C=O) groups excluding carboxylic acids is 1. The number of amides is 1. The molecular weight excluding hydrogens is 401 g/mol. The van der Waals surface area contributed by atoms with Gasteiger partial charge in [-0.05, 0) is 35.7 Å². The SMILES string of the molecule is CCCCN(CCC(=O)NCc1cccnc1)c1nc(Cc2ccc(F)cc2)ns1. The van der Waals surface area contributed by atoms with Gasteiger partial charge in [0, 0.05) is 56.4 Å². The molecule has 1 N–H and O–H groups in total. The number of nitrogens with one attached hydrogen (secondary N) is 1. The summed E-state index contributed by atoms with van der Waals surface area (Å²) >= 11 is 1.34. The molecule has 0 aliphatic heterocycles. The van der Waals surface area contributed by atoms with Crippen molar-refractivity contribution in [2.45, 2.75) is 39.2 Å². The van der Waals surface area contributed by atoms with Crippen molar-refractivity contribution in [3.63, 3.8) is 0 Å². The Morgan fingerprint density at radius 1 is 1.17 bits per heavy atom. The lowest BCUT2D eigenvalue weighted by Crippen LogP contribution is -2.31. The van der Waals surface area contributed by atoms with Crippen molar-refractivity contribution in [3.8, 4) is 0 Å². The van der Waals surface area contributed by atoms with E-state index in [9.17, 15) is 9.18 Å². The monoisotopic (exact) mass is 427 g/mol. The van der Waals surface area contributed by atoms with Crippen LogP contribution in [0.5, 0.6) is 0 Å². The molecule has 30 heavy (non-hydrogen) atoms. The Morgan fingerprint density at radius 3 is 2.73 bits per heavy atom. The highest BCUT2D eigenvalue weighted by Crippen LogP contribution is 2.20. The fourth-order valence-corrected chi connectivity index (χ4v) is 3.65. The third-order valence-corrected chi connectivity index (χ3v) is 5.42. The van der Waals surface area contributed by atoms with Crippen LogP contribution in [0.25, 0.3) is 0 Å². The fourth-order valence-electron chi connectivity index (χ4n) is 2.91. The van der Waals surface area contributed by atoms with Crippen LogP contribution in [0, 0.1) is 5.82 Å². The number of unbranched alkanes of at least 4 members (excludes halogenated alkanes) is 1. The van der Waals surface area contributed by atoms with Gasteiger partial charge in [0.05, 0.1) is 0 Å². The Kier molecular flexibility index (Phi) is 8.26. The minimum Gasteiger partial charge on any atom is -0.352 e. The largest absolute Gasteiger partial charge is 0.352 e. The molecule has 158 valence electrons. The normalized spacial score (nSPS) is 10.7. The molecular formula is C22H26FN5OS. The van der Waals surface area contributed by atoms with E-state index in [2.05, 4.69) is 31.5 Å². The molecule has 0 saturated carbocycles. The lowest BCUT2D eigenvalue weighted by Gasteiger charge is -2.20. The highest BCUT2D eigenvalue weighted by atomic mass is 32.1. The molecule has 0 unspecified atom stereocenters. The van der Waals surface area contributed by atoms with Crippen LogP contribution in [-0.2, 0) is 17.8 Å². The summed E-state index contributed by atoms with van der Waals surface area (Å²) in [5.74, 6) is 0.457. The molecule has 0 aliphatic carbocycles. The molecule has 0 fully saturated rings. The Hall–Kier alpha value is -2.87. The summed E-state index contributed by atoms with van der Waals surface area (Å²) in [5.41, 5.74) is 1.94. The molecule has 0 radical (unpaired) electrons. The number of carbonyl (C=O) groups is 1. The van der Waals surface area contributed by atoms with Gasteiger partial charge in [-0.1, -0.05) is 31.5 Å². The first kappa shape index (κ1) is 21.8. The molecule has 0 saturated heterocycles. The number of nitrogens with zero attached hydrogens (tertiary/aromatic N) is 4. The van der Waals surface area contributed by atoms with Gasteiger partial charge in [-0.25, -0.2) is 9.37 Å². The zero-order valence-electron chi connectivity index (χ0n) is 17.1. The number of anilines is 1. The van der Waals surface area contributed by atoms with E-state index in [1.165, 1.54) is 23.7 Å². The van der Waals surface area contributed by atoms with E-state index in [0.717, 1.165) is 35.6 Å². The fraction of sp³-hybridized carbons (Fsp3) is 0.364. The van der Waals surface area contributed by atoms with Gasteiger partial charge in [-0.3, -0.25) is 9.78 Å². The molecule has 8 heteroatoms. The number of hydrogen-bond donors (Lipinski definition) is 1. The van der Waals surface area contributed by atoms with Crippen LogP contribution in [0.15, 0.2) is 48.8 Å². The molecule has 1 aromatic carbocycles. The summed E-state index contributed by atoms with van der Waals surface area (Å²) in [6.07, 6.45) is 6.48. The van der Waals surface area contributed by atoms with Gasteiger partial charge >= 0.3 is 0 Å². The van der Waals surface area contributed by atoms with Crippen molar-refractivity contribution in [2.24, 2.45) is 0 Å². The first-order chi connectivity index (χ1) is 14.6. The highest BCUT2D eigenvalue weighted by molar-refractivity contribution is 7.09. The first-order valence-corrected chi connectivity index (χ1v) is 10.9. The van der Waals surface area contributed by atoms with E-state index in [0.29, 0.717) is 31.8 Å². The number of hydrogen-bond acceptors (Lipinski definition) is 6. The molecule has 2 heterocycles. The van der Waals surface area contributed by atoms with E-state index in [1.807, 2.05) is 12.1 Å². The van der Waals surface area contributed by atoms with Crippen LogP contribution in [0.2, 0.25) is 0 Å². The second-order valence-corrected chi connectivity index (χ2v) is 7.76. The first-order valence-electron chi connectivity index (χ1n) is 10.1. The maximum atomic E-state index is 13.1. The topological polar surface area (TPSA) is 71.0 Å². The Bertz CT molecular complexity index is 917. The zero-order chi connectivity index (χ0) is 21.2. The number of rotatable bonds is 11. The van der Waals surface area contributed by atoms with E-state index >= 15 is 0 Å². The summed E-state index contributed by atoms with van der Waals surface area (Å²) in [4.78, 5) is 23.1. The van der Waals surface area contributed by atoms with Crippen LogP contribution in [0.3, 0.4) is 0 Å². The quantitative estimate of drug-likeness (QED) is 0.501. The third-order valence-electron chi connectivity index (χ3n) is 4.61. The smallest absolute Gasteiger partial charge is 0.222 e. The Balaban J connectivity index is 1.55. The average molecular weight is 428 g/mol. The molecule has 6 nitrogen and oxygen atoms in total. The summed E-state index contributed by atoms with van der Waals surface area (Å²) in [6.45, 7) is 4.03. The number of pyridine rings is 1. The van der Waals surface area contributed by atoms with Gasteiger partial charge in [-0.15, -0.1) is 0 Å². The summed E-state index contributed by atoms with van der Waals surface area (Å²) in [7, 11) is 0. The van der Waals surface area contributed by atoms with Crippen LogP contribution in [-0.4, -0.2) is 33.3 Å². The maximum absolute atomic E-state index is 13.1. The standard InChI is InChI=1S/C22H26FN5OS/c1-2-3-12-28(13-10-21(29)25-16-18-5-4-11-24-15-18)22-26-20(27-30-22)14-17-6-8-19(23)9-7-17/h4-9,11,15H,2-3,10,12-14,16H2,1H3,(H,25,29). The van der Waals surface area contributed by atoms with Gasteiger partial charge in [0.15, 0.2) is 0 Å². The van der Waals surface area contributed by atoms with Crippen LogP contribution < -0.4 is 10.2 Å². The third kappa shape index (κ3) is 6.88. The van der Waals surface area contributed by atoms with Crippen molar-refractivity contribution < 1.29 is 9.18 Å². The molecule has 0 spiro atoms. The predicted octanol–water partition coefficient (Wildman–Crippen LogP) is 3.98. The molecule has 0 aliphatic rings. The average Bonchev–Trinajstić information content (AvgIpc) is 3.23. The van der Waals surface area contributed by atoms with Crippen molar-refractivity contribution in [2.75, 3.05) is 18.0 Å². The van der Waals surface area contributed by atoms with E-state index in [-0.39, 0.29) is 11.7 Å². The van der Waals surface area contributed by atoms with E-state index in [4.69, 9.17) is 0 Å². The number of halogens is 1. The van der Waals surface area contributed by atoms with Gasteiger partial charge < -0.3 is 10.2 Å². The number of benzene rings is 1. The number of aromatic nitrogens is 3. The minimum atomic E-state index is -0.252. The van der Waals surface area contributed by atoms with Crippen LogP contribution in [0.4, 0.5) is 9.52 Å². The van der Waals surface area contributed by atoms with E-state index < -0.39 is 0 Å². The minimum absolute atomic E-state index is 0.00333. The molecule has 0 atom stereocenters. The molecule has 1 amide bonds. The summed E-state index contributed by atoms with van der Waals surface area (Å²) < 4.78 is 17.5. The lowest BCUT2D eigenvalue weighted by molar-refractivity contribution is -0.121. The molecule has 2 aromatic heterocycles. The zero-order valence-corrected chi connectivity index (χ0v) is 17.9. The lowest BCUT2D eigenvalue weighted by atomic mass is 10.1. The van der Waals surface area contributed by atoms with Gasteiger partial charge in [0.1, 0.15) is 11.6 Å². The summed E-state index contributed by atoms with van der Waals surface area (Å²) in [6, 6.07) is 10.2. The second-order valence-electron chi connectivity index (χ2n) is 7.03. The maximum Gasteiger partial charge on any atom is 0.222 e. The molecule has 3 aromatic rings. The second kappa shape index (κ2) is 11.3. The summed E-state index contributed by atoms with van der Waals surface area (Å²) in [5, 5.41) is 3.76. The van der Waals surface area contributed by atoms with Gasteiger partial charge in [-0.2, -0.15) is 4.37 Å². The predicted molar refractivity (Wildman–Crippen MR) is 117 cm³/mol. The Labute approximate surface area is 180 Å². The van der Waals surface area contributed by atoms with Gasteiger partial charge in [0.2, 0.25) is 11.0 Å². The van der Waals surface area contributed by atoms with Crippen molar-refractivity contribution in [3.05, 3.63) is 71.6 Å². The van der Waals surface area contributed by atoms with Crippen molar-refractivity contribution >= 4 is 22.6 Å². The highest BCUT2D eigenvalue weighted by Gasteiger charge is 2.14. The molecule has 3 rings (SSSR count). The van der Waals surface area contributed by atoms with Crippen molar-refractivity contribution in [1.29, 1.82) is 0 Å². The van der Waals surface area contributed by atoms with Gasteiger partial charge in [0.25, 0.3) is 0 Å². The van der Waals surface area contributed by atoms with Crippen molar-refractivity contribution in [1.82, 2.24) is 19.7 Å². The van der Waals surface area contributed by atoms with Crippen LogP contribution >= 0.6 is 11.5 Å². The molecule has 0 bridgehead atoms. The Morgan fingerprint density at radius 2 is 2.00 bits per heavy atom.